The van der Waals surface area contributed by atoms with E-state index in [4.69, 9.17) is 11.5 Å². The van der Waals surface area contributed by atoms with E-state index in [1.54, 1.807) is 0 Å². The van der Waals surface area contributed by atoms with E-state index in [1.165, 1.54) is 22.3 Å². The monoisotopic (exact) mass is 324 g/mol. The third kappa shape index (κ3) is 3.75. The second-order valence-electron chi connectivity index (χ2n) is 7.12. The van der Waals surface area contributed by atoms with Crippen molar-refractivity contribution >= 4 is 11.4 Å². The third-order valence-corrected chi connectivity index (χ3v) is 5.51. The fraction of sp³-hybridized carbons (Fsp3) is 0.455. The number of hydrogen-bond acceptors (Lipinski definition) is 2. The fourth-order valence-corrected chi connectivity index (χ4v) is 3.21. The highest BCUT2D eigenvalue weighted by molar-refractivity contribution is 5.54. The molecule has 0 aliphatic rings. The topological polar surface area (TPSA) is 52.0 Å². The van der Waals surface area contributed by atoms with Crippen molar-refractivity contribution in [1.29, 1.82) is 0 Å². The molecule has 0 fully saturated rings. The van der Waals surface area contributed by atoms with Gasteiger partial charge < -0.3 is 11.5 Å². The van der Waals surface area contributed by atoms with E-state index in [1.807, 2.05) is 0 Å². The van der Waals surface area contributed by atoms with E-state index in [-0.39, 0.29) is 0 Å². The summed E-state index contributed by atoms with van der Waals surface area (Å²) in [6, 6.07) is 13.0. The summed E-state index contributed by atoms with van der Waals surface area (Å²) in [6.07, 6.45) is 2.20. The van der Waals surface area contributed by atoms with Crippen LogP contribution in [-0.2, 0) is 0 Å². The Bertz CT molecular complexity index is 631. The van der Waals surface area contributed by atoms with Crippen LogP contribution in [0.25, 0.3) is 0 Å². The second-order valence-corrected chi connectivity index (χ2v) is 7.12. The summed E-state index contributed by atoms with van der Waals surface area (Å²) in [5, 5.41) is 0. The number of anilines is 2. The summed E-state index contributed by atoms with van der Waals surface area (Å²) in [4.78, 5) is 0. The van der Waals surface area contributed by atoms with Crippen LogP contribution in [-0.4, -0.2) is 0 Å². The van der Waals surface area contributed by atoms with Crippen LogP contribution in [0.2, 0.25) is 0 Å². The van der Waals surface area contributed by atoms with E-state index in [0.717, 1.165) is 24.2 Å². The van der Waals surface area contributed by atoms with Gasteiger partial charge in [0.1, 0.15) is 0 Å². The van der Waals surface area contributed by atoms with Gasteiger partial charge >= 0.3 is 0 Å². The van der Waals surface area contributed by atoms with E-state index in [9.17, 15) is 0 Å². The Kier molecular flexibility index (Phi) is 5.93. The number of benzene rings is 2. The van der Waals surface area contributed by atoms with Crippen molar-refractivity contribution in [2.45, 2.75) is 65.2 Å². The lowest BCUT2D eigenvalue weighted by Crippen LogP contribution is -2.05. The van der Waals surface area contributed by atoms with E-state index >= 15 is 0 Å². The van der Waals surface area contributed by atoms with Crippen molar-refractivity contribution in [1.82, 2.24) is 0 Å². The van der Waals surface area contributed by atoms with Crippen LogP contribution >= 0.6 is 0 Å². The average molecular weight is 325 g/mol. The molecule has 2 atom stereocenters. The molecule has 0 saturated carbocycles. The zero-order valence-electron chi connectivity index (χ0n) is 15.8. The molecule has 0 bridgehead atoms. The van der Waals surface area contributed by atoms with Gasteiger partial charge in [0.25, 0.3) is 0 Å². The molecular formula is C22H32N2. The molecule has 0 aliphatic carbocycles. The lowest BCUT2D eigenvalue weighted by atomic mass is 9.86. The van der Waals surface area contributed by atoms with Crippen LogP contribution in [0.4, 0.5) is 11.4 Å². The van der Waals surface area contributed by atoms with Gasteiger partial charge in [-0.2, -0.15) is 0 Å². The van der Waals surface area contributed by atoms with Crippen molar-refractivity contribution in [3.05, 3.63) is 58.7 Å². The molecule has 4 N–H and O–H groups in total. The van der Waals surface area contributed by atoms with Crippen LogP contribution in [0.3, 0.4) is 0 Å². The van der Waals surface area contributed by atoms with Gasteiger partial charge in [0.15, 0.2) is 0 Å². The standard InChI is InChI=1S/C22H32N2/c1-6-14(3)19-12-17(8-10-21(19)23)16(5)18-9-11-22(24)20(13-18)15(4)7-2/h8-16H,6-7,23-24H2,1-5H3. The molecule has 0 spiro atoms. The van der Waals surface area contributed by atoms with Gasteiger partial charge in [0.2, 0.25) is 0 Å². The number of hydrogen-bond donors (Lipinski definition) is 2. The van der Waals surface area contributed by atoms with Crippen LogP contribution in [0.1, 0.15) is 87.5 Å². The minimum absolute atomic E-state index is 0.330. The van der Waals surface area contributed by atoms with Crippen molar-refractivity contribution in [2.75, 3.05) is 11.5 Å². The molecule has 24 heavy (non-hydrogen) atoms. The van der Waals surface area contributed by atoms with Gasteiger partial charge in [0, 0.05) is 17.3 Å². The maximum Gasteiger partial charge on any atom is 0.0349 e. The summed E-state index contributed by atoms with van der Waals surface area (Å²) in [5.41, 5.74) is 19.3. The molecule has 130 valence electrons. The van der Waals surface area contributed by atoms with Crippen molar-refractivity contribution in [2.24, 2.45) is 0 Å². The highest BCUT2D eigenvalue weighted by atomic mass is 14.6. The molecule has 0 aromatic heterocycles. The van der Waals surface area contributed by atoms with E-state index < -0.39 is 0 Å². The molecule has 0 aliphatic heterocycles. The zero-order valence-corrected chi connectivity index (χ0v) is 15.8. The summed E-state index contributed by atoms with van der Waals surface area (Å²) in [7, 11) is 0. The maximum atomic E-state index is 6.19. The number of nitrogen functional groups attached to an aromatic ring is 2. The zero-order chi connectivity index (χ0) is 17.9. The normalized spacial score (nSPS) is 15.0. The molecule has 2 rings (SSSR count). The second kappa shape index (κ2) is 7.74. The highest BCUT2D eigenvalue weighted by Gasteiger charge is 2.15. The first kappa shape index (κ1) is 18.4. The van der Waals surface area contributed by atoms with E-state index in [0.29, 0.717) is 17.8 Å². The molecule has 0 amide bonds. The minimum Gasteiger partial charge on any atom is -0.398 e. The molecule has 0 saturated heterocycles. The quantitative estimate of drug-likeness (QED) is 0.637. The molecule has 2 aromatic rings. The number of rotatable bonds is 6. The van der Waals surface area contributed by atoms with Gasteiger partial charge in [-0.05, 0) is 59.1 Å². The molecular weight excluding hydrogens is 292 g/mol. The largest absolute Gasteiger partial charge is 0.398 e. The van der Waals surface area contributed by atoms with Gasteiger partial charge in [0.05, 0.1) is 0 Å². The van der Waals surface area contributed by atoms with Crippen LogP contribution in [0, 0.1) is 0 Å². The first-order valence-corrected chi connectivity index (χ1v) is 9.17. The van der Waals surface area contributed by atoms with Crippen molar-refractivity contribution in [3.63, 3.8) is 0 Å². The Balaban J connectivity index is 2.40. The SMILES string of the molecule is CCC(C)c1cc(C(C)c2ccc(N)c(C(C)CC)c2)ccc1N. The smallest absolute Gasteiger partial charge is 0.0349 e. The minimum atomic E-state index is 0.330. The highest BCUT2D eigenvalue weighted by Crippen LogP contribution is 2.34. The molecule has 2 unspecified atom stereocenters. The molecule has 0 heterocycles. The van der Waals surface area contributed by atoms with Gasteiger partial charge in [-0.1, -0.05) is 58.9 Å². The Morgan fingerprint density at radius 3 is 1.42 bits per heavy atom. The average Bonchev–Trinajstić information content (AvgIpc) is 2.60. The van der Waals surface area contributed by atoms with E-state index in [2.05, 4.69) is 71.0 Å². The fourth-order valence-electron chi connectivity index (χ4n) is 3.21. The molecule has 0 radical (unpaired) electrons. The molecule has 2 nitrogen and oxygen atoms in total. The Hall–Kier alpha value is -1.96. The predicted molar refractivity (Wildman–Crippen MR) is 107 cm³/mol. The Labute approximate surface area is 147 Å². The first-order chi connectivity index (χ1) is 11.4. The van der Waals surface area contributed by atoms with Gasteiger partial charge in [-0.25, -0.2) is 0 Å². The summed E-state index contributed by atoms with van der Waals surface area (Å²) < 4.78 is 0. The molecule has 2 aromatic carbocycles. The third-order valence-electron chi connectivity index (χ3n) is 5.51. The van der Waals surface area contributed by atoms with Crippen LogP contribution in [0.5, 0.6) is 0 Å². The Morgan fingerprint density at radius 1 is 0.708 bits per heavy atom. The van der Waals surface area contributed by atoms with Crippen molar-refractivity contribution in [3.8, 4) is 0 Å². The predicted octanol–water partition coefficient (Wildman–Crippen LogP) is 6.03. The summed E-state index contributed by atoms with van der Waals surface area (Å²) in [5.74, 6) is 1.30. The number of nitrogens with two attached hydrogens (primary N) is 2. The maximum absolute atomic E-state index is 6.19. The Morgan fingerprint density at radius 2 is 1.08 bits per heavy atom. The lowest BCUT2D eigenvalue weighted by Gasteiger charge is -2.20. The van der Waals surface area contributed by atoms with Crippen molar-refractivity contribution < 1.29 is 0 Å². The van der Waals surface area contributed by atoms with Gasteiger partial charge in [-0.3, -0.25) is 0 Å². The first-order valence-electron chi connectivity index (χ1n) is 9.17. The van der Waals surface area contributed by atoms with Crippen LogP contribution in [0.15, 0.2) is 36.4 Å². The summed E-state index contributed by atoms with van der Waals surface area (Å²) in [6.45, 7) is 11.2. The van der Waals surface area contributed by atoms with Gasteiger partial charge in [-0.15, -0.1) is 0 Å². The van der Waals surface area contributed by atoms with Crippen LogP contribution < -0.4 is 11.5 Å². The lowest BCUT2D eigenvalue weighted by molar-refractivity contribution is 0.729. The summed E-state index contributed by atoms with van der Waals surface area (Å²) >= 11 is 0. The molecule has 2 heteroatoms.